The molecule has 0 aromatic heterocycles. The highest BCUT2D eigenvalue weighted by Gasteiger charge is 2.27. The van der Waals surface area contributed by atoms with Crippen molar-refractivity contribution in [2.24, 2.45) is 4.40 Å². The highest BCUT2D eigenvalue weighted by atomic mass is 32.2. The maximum absolute atomic E-state index is 13.6. The third kappa shape index (κ3) is 3.46. The minimum absolute atomic E-state index is 0.0613. The fourth-order valence-corrected chi connectivity index (χ4v) is 2.23. The van der Waals surface area contributed by atoms with Gasteiger partial charge in [-0.15, -0.1) is 0 Å². The van der Waals surface area contributed by atoms with E-state index in [0.29, 0.717) is 6.42 Å². The highest BCUT2D eigenvalue weighted by Crippen LogP contribution is 2.22. The number of carbonyl (C=O) groups excluding carboxylic acids is 2. The largest absolute Gasteiger partial charge is 0.462 e. The molecule has 8 heteroatoms. The van der Waals surface area contributed by atoms with Gasteiger partial charge in [0, 0.05) is 0 Å². The molecule has 1 rings (SSSR count). The fourth-order valence-electron chi connectivity index (χ4n) is 1.30. The summed E-state index contributed by atoms with van der Waals surface area (Å²) in [5.74, 6) is -2.19. The Labute approximate surface area is 109 Å². The summed E-state index contributed by atoms with van der Waals surface area (Å²) in [6.07, 6.45) is 1.33. The van der Waals surface area contributed by atoms with Crippen molar-refractivity contribution in [1.82, 2.24) is 0 Å². The Kier molecular flexibility index (Phi) is 4.91. The minimum Gasteiger partial charge on any atom is -0.462 e. The van der Waals surface area contributed by atoms with E-state index in [1.807, 2.05) is 0 Å². The highest BCUT2D eigenvalue weighted by molar-refractivity contribution is 7.90. The molecule has 0 aliphatic rings. The number of sulfonamides is 1. The normalized spacial score (nSPS) is 10.6. The van der Waals surface area contributed by atoms with Gasteiger partial charge in [0.2, 0.25) is 0 Å². The summed E-state index contributed by atoms with van der Waals surface area (Å²) in [7, 11) is -4.62. The standard InChI is InChI=1S/C11H10FNO5S/c1-2-6-18-11(15)8-4-3-5-9(12)10(8)19(16,17)13-7-14/h3-5H,2,6H2,1H3. The first-order chi connectivity index (χ1) is 8.94. The molecular formula is C11H10FNO5S. The van der Waals surface area contributed by atoms with Crippen molar-refractivity contribution in [2.45, 2.75) is 18.2 Å². The number of hydrogen-bond donors (Lipinski definition) is 0. The van der Waals surface area contributed by atoms with Gasteiger partial charge in [-0.2, -0.15) is 8.42 Å². The number of rotatable bonds is 5. The lowest BCUT2D eigenvalue weighted by atomic mass is 10.2. The number of isocyanates is 1. The summed E-state index contributed by atoms with van der Waals surface area (Å²) in [6.45, 7) is 1.80. The summed E-state index contributed by atoms with van der Waals surface area (Å²) in [5, 5.41) is 0. The predicted octanol–water partition coefficient (Wildman–Crippen LogP) is 1.42. The second-order valence-electron chi connectivity index (χ2n) is 3.41. The molecule has 102 valence electrons. The van der Waals surface area contributed by atoms with Crippen LogP contribution in [0, 0.1) is 5.82 Å². The molecule has 0 fully saturated rings. The Morgan fingerprint density at radius 1 is 1.47 bits per heavy atom. The molecule has 0 radical (unpaired) electrons. The van der Waals surface area contributed by atoms with Crippen LogP contribution in [0.25, 0.3) is 0 Å². The van der Waals surface area contributed by atoms with E-state index >= 15 is 0 Å². The molecule has 0 bridgehead atoms. The number of nitrogens with zero attached hydrogens (tertiary/aromatic N) is 1. The van der Waals surface area contributed by atoms with E-state index in [9.17, 15) is 22.4 Å². The molecule has 0 amide bonds. The number of ether oxygens (including phenoxy) is 1. The molecule has 1 aromatic rings. The van der Waals surface area contributed by atoms with E-state index in [1.165, 1.54) is 0 Å². The zero-order chi connectivity index (χ0) is 14.5. The minimum atomic E-state index is -4.62. The molecule has 0 spiro atoms. The number of carbonyl (C=O) groups is 1. The molecule has 0 heterocycles. The maximum atomic E-state index is 13.6. The van der Waals surface area contributed by atoms with Crippen molar-refractivity contribution in [1.29, 1.82) is 0 Å². The molecule has 19 heavy (non-hydrogen) atoms. The molecule has 0 atom stereocenters. The van der Waals surface area contributed by atoms with Crippen LogP contribution in [-0.4, -0.2) is 27.1 Å². The van der Waals surface area contributed by atoms with Crippen LogP contribution >= 0.6 is 0 Å². The lowest BCUT2D eigenvalue weighted by molar-refractivity contribution is 0.0499. The second kappa shape index (κ2) is 6.21. The van der Waals surface area contributed by atoms with E-state index in [0.717, 1.165) is 24.3 Å². The van der Waals surface area contributed by atoms with Crippen LogP contribution in [0.3, 0.4) is 0 Å². The first kappa shape index (κ1) is 15.0. The van der Waals surface area contributed by atoms with Gasteiger partial charge >= 0.3 is 5.97 Å². The molecule has 0 N–H and O–H groups in total. The van der Waals surface area contributed by atoms with Crippen LogP contribution in [0.1, 0.15) is 23.7 Å². The first-order valence-electron chi connectivity index (χ1n) is 5.23. The quantitative estimate of drug-likeness (QED) is 0.464. The number of esters is 1. The van der Waals surface area contributed by atoms with Crippen molar-refractivity contribution < 1.29 is 27.1 Å². The average Bonchev–Trinajstić information content (AvgIpc) is 2.35. The third-order valence-corrected chi connectivity index (χ3v) is 3.29. The van der Waals surface area contributed by atoms with Crippen LogP contribution in [0.4, 0.5) is 4.39 Å². The van der Waals surface area contributed by atoms with Crippen LogP contribution in [0.2, 0.25) is 0 Å². The van der Waals surface area contributed by atoms with Crippen LogP contribution < -0.4 is 0 Å². The van der Waals surface area contributed by atoms with Gasteiger partial charge in [-0.3, -0.25) is 0 Å². The topological polar surface area (TPSA) is 89.9 Å². The molecule has 0 saturated heterocycles. The third-order valence-electron chi connectivity index (χ3n) is 2.04. The lowest BCUT2D eigenvalue weighted by Gasteiger charge is -2.07. The van der Waals surface area contributed by atoms with Crippen molar-refractivity contribution in [3.8, 4) is 0 Å². The smallest absolute Gasteiger partial charge is 0.339 e. The predicted molar refractivity (Wildman–Crippen MR) is 62.3 cm³/mol. The molecule has 0 saturated carbocycles. The van der Waals surface area contributed by atoms with Crippen molar-refractivity contribution >= 4 is 22.1 Å². The van der Waals surface area contributed by atoms with E-state index < -0.39 is 32.3 Å². The Balaban J connectivity index is 3.39. The molecule has 6 nitrogen and oxygen atoms in total. The molecule has 0 aliphatic heterocycles. The maximum Gasteiger partial charge on any atom is 0.339 e. The zero-order valence-corrected chi connectivity index (χ0v) is 10.7. The van der Waals surface area contributed by atoms with Gasteiger partial charge < -0.3 is 4.74 Å². The Hall–Kier alpha value is -2.05. The Morgan fingerprint density at radius 2 is 2.16 bits per heavy atom. The Morgan fingerprint density at radius 3 is 2.74 bits per heavy atom. The zero-order valence-electron chi connectivity index (χ0n) is 9.92. The number of hydrogen-bond acceptors (Lipinski definition) is 5. The monoisotopic (exact) mass is 287 g/mol. The first-order valence-corrected chi connectivity index (χ1v) is 6.67. The summed E-state index contributed by atoms with van der Waals surface area (Å²) in [4.78, 5) is 20.7. The van der Waals surface area contributed by atoms with E-state index in [4.69, 9.17) is 4.74 Å². The van der Waals surface area contributed by atoms with Gasteiger partial charge in [-0.25, -0.2) is 14.0 Å². The van der Waals surface area contributed by atoms with Crippen LogP contribution in [0.15, 0.2) is 27.5 Å². The molecule has 0 aliphatic carbocycles. The summed E-state index contributed by atoms with van der Waals surface area (Å²) in [5.41, 5.74) is -0.507. The summed E-state index contributed by atoms with van der Waals surface area (Å²) >= 11 is 0. The second-order valence-corrected chi connectivity index (χ2v) is 4.95. The van der Waals surface area contributed by atoms with Gasteiger partial charge in [0.1, 0.15) is 10.7 Å². The average molecular weight is 287 g/mol. The van der Waals surface area contributed by atoms with E-state index in [1.54, 1.807) is 6.92 Å². The lowest BCUT2D eigenvalue weighted by Crippen LogP contribution is -2.13. The Bertz CT molecular complexity index is 634. The SMILES string of the molecule is CCCOC(=O)c1cccc(F)c1S(=O)(=O)N=C=O. The van der Waals surface area contributed by atoms with Crippen molar-refractivity contribution in [3.63, 3.8) is 0 Å². The van der Waals surface area contributed by atoms with Gasteiger partial charge in [-0.1, -0.05) is 17.4 Å². The van der Waals surface area contributed by atoms with Crippen molar-refractivity contribution in [2.75, 3.05) is 6.61 Å². The van der Waals surface area contributed by atoms with Gasteiger partial charge in [0.25, 0.3) is 16.1 Å². The molecular weight excluding hydrogens is 277 g/mol. The van der Waals surface area contributed by atoms with Crippen molar-refractivity contribution in [3.05, 3.63) is 29.6 Å². The number of benzene rings is 1. The van der Waals surface area contributed by atoms with Crippen LogP contribution in [0.5, 0.6) is 0 Å². The van der Waals surface area contributed by atoms with Gasteiger partial charge in [-0.05, 0) is 18.6 Å². The summed E-state index contributed by atoms with van der Waals surface area (Å²) in [6, 6.07) is 3.07. The van der Waals surface area contributed by atoms with Crippen LogP contribution in [-0.2, 0) is 19.6 Å². The van der Waals surface area contributed by atoms with E-state index in [-0.39, 0.29) is 6.61 Å². The van der Waals surface area contributed by atoms with Gasteiger partial charge in [0.15, 0.2) is 0 Å². The molecule has 1 aromatic carbocycles. The summed E-state index contributed by atoms with van der Waals surface area (Å²) < 4.78 is 44.0. The number of halogens is 1. The van der Waals surface area contributed by atoms with Gasteiger partial charge in [0.05, 0.1) is 12.2 Å². The molecule has 0 unspecified atom stereocenters. The van der Waals surface area contributed by atoms with E-state index in [2.05, 4.69) is 4.40 Å². The fraction of sp³-hybridized carbons (Fsp3) is 0.273.